The van der Waals surface area contributed by atoms with Gasteiger partial charge in [0.05, 0.1) is 6.61 Å². The zero-order valence-electron chi connectivity index (χ0n) is 17.5. The number of hydrogen-bond donors (Lipinski definition) is 1. The van der Waals surface area contributed by atoms with Gasteiger partial charge in [-0.25, -0.2) is 0 Å². The minimum absolute atomic E-state index is 0.502. The van der Waals surface area contributed by atoms with Crippen molar-refractivity contribution in [2.24, 2.45) is 0 Å². The Morgan fingerprint density at radius 2 is 1.57 bits per heavy atom. The first-order valence-electron chi connectivity index (χ1n) is 10.4. The standard InChI is InChI=1S/C27H27NO2/c1-3-29-27-17-21(18-28-25-14-7-4-9-20(25)2)15-16-26(27)30-19-23-12-8-11-22-10-5-6-13-24(22)23/h4-17,28H,3,18-19H2,1-2H3. The summed E-state index contributed by atoms with van der Waals surface area (Å²) in [7, 11) is 0. The van der Waals surface area contributed by atoms with E-state index in [-0.39, 0.29) is 0 Å². The summed E-state index contributed by atoms with van der Waals surface area (Å²) in [4.78, 5) is 0. The summed E-state index contributed by atoms with van der Waals surface area (Å²) in [6.45, 7) is 5.93. The van der Waals surface area contributed by atoms with E-state index in [4.69, 9.17) is 9.47 Å². The third kappa shape index (κ3) is 4.57. The lowest BCUT2D eigenvalue weighted by atomic mass is 10.1. The molecule has 0 amide bonds. The third-order valence-electron chi connectivity index (χ3n) is 5.20. The van der Waals surface area contributed by atoms with Crippen LogP contribution in [0, 0.1) is 6.92 Å². The molecule has 0 saturated carbocycles. The van der Waals surface area contributed by atoms with Crippen molar-refractivity contribution in [3.05, 3.63) is 102 Å². The number of anilines is 1. The summed E-state index contributed by atoms with van der Waals surface area (Å²) in [6, 6.07) is 29.2. The van der Waals surface area contributed by atoms with E-state index in [2.05, 4.69) is 85.0 Å². The fraction of sp³-hybridized carbons (Fsp3) is 0.185. The second-order valence-electron chi connectivity index (χ2n) is 7.31. The van der Waals surface area contributed by atoms with Gasteiger partial charge in [-0.15, -0.1) is 0 Å². The van der Waals surface area contributed by atoms with E-state index in [1.807, 2.05) is 19.1 Å². The van der Waals surface area contributed by atoms with Crippen LogP contribution in [0.5, 0.6) is 11.5 Å². The Labute approximate surface area is 178 Å². The average molecular weight is 398 g/mol. The van der Waals surface area contributed by atoms with Crippen LogP contribution in [-0.2, 0) is 13.2 Å². The maximum absolute atomic E-state index is 6.18. The summed E-state index contributed by atoms with van der Waals surface area (Å²) in [5.74, 6) is 1.55. The van der Waals surface area contributed by atoms with Gasteiger partial charge in [-0.1, -0.05) is 66.7 Å². The molecule has 0 unspecified atom stereocenters. The fourth-order valence-corrected chi connectivity index (χ4v) is 3.59. The normalized spacial score (nSPS) is 10.7. The number of para-hydroxylation sites is 1. The van der Waals surface area contributed by atoms with E-state index in [0.717, 1.165) is 29.3 Å². The summed E-state index contributed by atoms with van der Waals surface area (Å²) >= 11 is 0. The molecule has 0 aliphatic heterocycles. The van der Waals surface area contributed by atoms with Crippen LogP contribution < -0.4 is 14.8 Å². The van der Waals surface area contributed by atoms with Crippen LogP contribution in [-0.4, -0.2) is 6.61 Å². The van der Waals surface area contributed by atoms with Gasteiger partial charge in [0.1, 0.15) is 6.61 Å². The van der Waals surface area contributed by atoms with Crippen LogP contribution in [0.4, 0.5) is 5.69 Å². The van der Waals surface area contributed by atoms with Gasteiger partial charge in [0.25, 0.3) is 0 Å². The summed E-state index contributed by atoms with van der Waals surface area (Å²) in [5.41, 5.74) is 4.70. The third-order valence-corrected chi connectivity index (χ3v) is 5.20. The van der Waals surface area contributed by atoms with Crippen LogP contribution in [0.2, 0.25) is 0 Å². The monoisotopic (exact) mass is 397 g/mol. The highest BCUT2D eigenvalue weighted by atomic mass is 16.5. The average Bonchev–Trinajstić information content (AvgIpc) is 2.78. The highest BCUT2D eigenvalue weighted by Gasteiger charge is 2.09. The van der Waals surface area contributed by atoms with Crippen molar-refractivity contribution in [1.29, 1.82) is 0 Å². The molecule has 3 nitrogen and oxygen atoms in total. The van der Waals surface area contributed by atoms with E-state index in [1.165, 1.54) is 21.9 Å². The quantitative estimate of drug-likeness (QED) is 0.357. The van der Waals surface area contributed by atoms with Crippen LogP contribution in [0.3, 0.4) is 0 Å². The molecule has 0 aromatic heterocycles. The Morgan fingerprint density at radius 3 is 2.43 bits per heavy atom. The molecule has 4 aromatic carbocycles. The minimum Gasteiger partial charge on any atom is -0.490 e. The molecule has 0 aliphatic rings. The lowest BCUT2D eigenvalue weighted by molar-refractivity contribution is 0.270. The highest BCUT2D eigenvalue weighted by molar-refractivity contribution is 5.85. The van der Waals surface area contributed by atoms with Crippen molar-refractivity contribution in [3.8, 4) is 11.5 Å². The van der Waals surface area contributed by atoms with Gasteiger partial charge in [0.2, 0.25) is 0 Å². The Hall–Kier alpha value is -3.46. The second kappa shape index (κ2) is 9.36. The smallest absolute Gasteiger partial charge is 0.161 e. The molecule has 0 heterocycles. The summed E-state index contributed by atoms with van der Waals surface area (Å²) < 4.78 is 12.1. The lowest BCUT2D eigenvalue weighted by Gasteiger charge is -2.15. The van der Waals surface area contributed by atoms with E-state index in [9.17, 15) is 0 Å². The Bertz CT molecular complexity index is 1130. The van der Waals surface area contributed by atoms with Crippen LogP contribution >= 0.6 is 0 Å². The molecular weight excluding hydrogens is 370 g/mol. The lowest BCUT2D eigenvalue weighted by Crippen LogP contribution is -2.04. The molecule has 0 fully saturated rings. The van der Waals surface area contributed by atoms with Crippen molar-refractivity contribution >= 4 is 16.5 Å². The first kappa shape index (κ1) is 19.8. The SMILES string of the molecule is CCOc1cc(CNc2ccccc2C)ccc1OCc1cccc2ccccc12. The van der Waals surface area contributed by atoms with E-state index in [0.29, 0.717) is 13.2 Å². The number of aryl methyl sites for hydroxylation is 1. The van der Waals surface area contributed by atoms with Crippen LogP contribution in [0.1, 0.15) is 23.6 Å². The van der Waals surface area contributed by atoms with Crippen LogP contribution in [0.15, 0.2) is 84.9 Å². The van der Waals surface area contributed by atoms with Gasteiger partial charge in [-0.05, 0) is 59.5 Å². The molecular formula is C27H27NO2. The predicted molar refractivity (Wildman–Crippen MR) is 124 cm³/mol. The number of benzene rings is 4. The van der Waals surface area contributed by atoms with Crippen molar-refractivity contribution in [2.45, 2.75) is 27.0 Å². The summed E-state index contributed by atoms with van der Waals surface area (Å²) in [6.07, 6.45) is 0. The highest BCUT2D eigenvalue weighted by Crippen LogP contribution is 2.30. The topological polar surface area (TPSA) is 30.5 Å². The van der Waals surface area contributed by atoms with Crippen LogP contribution in [0.25, 0.3) is 10.8 Å². The molecule has 4 rings (SSSR count). The molecule has 0 aliphatic carbocycles. The van der Waals surface area contributed by atoms with Gasteiger partial charge in [-0.2, -0.15) is 0 Å². The maximum atomic E-state index is 6.18. The Morgan fingerprint density at radius 1 is 0.767 bits per heavy atom. The first-order valence-corrected chi connectivity index (χ1v) is 10.4. The van der Waals surface area contributed by atoms with Crippen molar-refractivity contribution in [1.82, 2.24) is 0 Å². The van der Waals surface area contributed by atoms with E-state index < -0.39 is 0 Å². The van der Waals surface area contributed by atoms with Gasteiger partial charge in [0, 0.05) is 12.2 Å². The first-order chi connectivity index (χ1) is 14.7. The summed E-state index contributed by atoms with van der Waals surface area (Å²) in [5, 5.41) is 5.94. The Kier molecular flexibility index (Phi) is 6.19. The molecule has 30 heavy (non-hydrogen) atoms. The number of nitrogens with one attached hydrogen (secondary N) is 1. The van der Waals surface area contributed by atoms with Gasteiger partial charge in [-0.3, -0.25) is 0 Å². The van der Waals surface area contributed by atoms with E-state index >= 15 is 0 Å². The molecule has 0 atom stereocenters. The number of fused-ring (bicyclic) bond motifs is 1. The predicted octanol–water partition coefficient (Wildman–Crippen LogP) is 6.74. The van der Waals surface area contributed by atoms with Gasteiger partial charge >= 0.3 is 0 Å². The number of ether oxygens (including phenoxy) is 2. The molecule has 4 aromatic rings. The molecule has 0 bridgehead atoms. The van der Waals surface area contributed by atoms with Crippen molar-refractivity contribution in [2.75, 3.05) is 11.9 Å². The molecule has 152 valence electrons. The van der Waals surface area contributed by atoms with E-state index in [1.54, 1.807) is 0 Å². The van der Waals surface area contributed by atoms with Gasteiger partial charge in [0.15, 0.2) is 11.5 Å². The molecule has 0 spiro atoms. The Balaban J connectivity index is 1.49. The number of hydrogen-bond acceptors (Lipinski definition) is 3. The second-order valence-corrected chi connectivity index (χ2v) is 7.31. The largest absolute Gasteiger partial charge is 0.490 e. The molecule has 1 N–H and O–H groups in total. The minimum atomic E-state index is 0.502. The maximum Gasteiger partial charge on any atom is 0.161 e. The van der Waals surface area contributed by atoms with Gasteiger partial charge < -0.3 is 14.8 Å². The zero-order valence-corrected chi connectivity index (χ0v) is 17.5. The van der Waals surface area contributed by atoms with Crippen molar-refractivity contribution < 1.29 is 9.47 Å². The molecule has 0 saturated heterocycles. The fourth-order valence-electron chi connectivity index (χ4n) is 3.59. The van der Waals surface area contributed by atoms with Crippen molar-refractivity contribution in [3.63, 3.8) is 0 Å². The number of rotatable bonds is 8. The molecule has 3 heteroatoms. The zero-order chi connectivity index (χ0) is 20.8. The molecule has 0 radical (unpaired) electrons.